The van der Waals surface area contributed by atoms with E-state index in [1.54, 1.807) is 0 Å². The predicted molar refractivity (Wildman–Crippen MR) is 39.7 cm³/mol. The number of phenolic OH excluding ortho intramolecular Hbond substituents is 1. The fourth-order valence-corrected chi connectivity index (χ4v) is 0.926. The molecule has 0 fully saturated rings. The SMILES string of the molecule is Cc1c(C(=O)O)cc(F)c(O)c1F. The number of aromatic hydroxyl groups is 1. The van der Waals surface area contributed by atoms with Crippen LogP contribution in [0.15, 0.2) is 6.07 Å². The van der Waals surface area contributed by atoms with Crippen molar-refractivity contribution in [2.75, 3.05) is 0 Å². The van der Waals surface area contributed by atoms with Crippen molar-refractivity contribution in [2.24, 2.45) is 0 Å². The van der Waals surface area contributed by atoms with Crippen molar-refractivity contribution in [3.8, 4) is 5.75 Å². The molecular weight excluding hydrogens is 182 g/mol. The maximum atomic E-state index is 12.9. The number of aromatic carboxylic acids is 1. The molecule has 0 amide bonds. The van der Waals surface area contributed by atoms with Crippen molar-refractivity contribution in [3.63, 3.8) is 0 Å². The number of phenols is 1. The van der Waals surface area contributed by atoms with Gasteiger partial charge in [-0.25, -0.2) is 13.6 Å². The number of hydrogen-bond acceptors (Lipinski definition) is 2. The predicted octanol–water partition coefficient (Wildman–Crippen LogP) is 1.68. The fourth-order valence-electron chi connectivity index (χ4n) is 0.926. The topological polar surface area (TPSA) is 57.5 Å². The lowest BCUT2D eigenvalue weighted by molar-refractivity contribution is 0.0694. The van der Waals surface area contributed by atoms with E-state index in [0.717, 1.165) is 6.92 Å². The second-order valence-corrected chi connectivity index (χ2v) is 2.50. The Morgan fingerprint density at radius 3 is 2.46 bits per heavy atom. The molecule has 0 aliphatic heterocycles. The largest absolute Gasteiger partial charge is 0.503 e. The smallest absolute Gasteiger partial charge is 0.336 e. The van der Waals surface area contributed by atoms with Crippen LogP contribution in [0.3, 0.4) is 0 Å². The number of halogens is 2. The van der Waals surface area contributed by atoms with Gasteiger partial charge in [-0.2, -0.15) is 0 Å². The molecule has 5 heteroatoms. The highest BCUT2D eigenvalue weighted by Crippen LogP contribution is 2.25. The molecule has 13 heavy (non-hydrogen) atoms. The molecule has 0 radical (unpaired) electrons. The van der Waals surface area contributed by atoms with Crippen LogP contribution in [0.5, 0.6) is 5.75 Å². The van der Waals surface area contributed by atoms with Crippen molar-refractivity contribution in [1.82, 2.24) is 0 Å². The molecule has 0 aliphatic rings. The minimum atomic E-state index is -1.43. The van der Waals surface area contributed by atoms with Gasteiger partial charge < -0.3 is 10.2 Å². The molecule has 0 bridgehead atoms. The van der Waals surface area contributed by atoms with Crippen molar-refractivity contribution in [3.05, 3.63) is 28.8 Å². The van der Waals surface area contributed by atoms with Crippen LogP contribution in [0.1, 0.15) is 15.9 Å². The highest BCUT2D eigenvalue weighted by molar-refractivity contribution is 5.89. The number of benzene rings is 1. The van der Waals surface area contributed by atoms with Gasteiger partial charge in [0.05, 0.1) is 5.56 Å². The molecule has 0 saturated carbocycles. The maximum absolute atomic E-state index is 12.9. The summed E-state index contributed by atoms with van der Waals surface area (Å²) < 4.78 is 25.5. The average Bonchev–Trinajstić information content (AvgIpc) is 2.07. The summed E-state index contributed by atoms with van der Waals surface area (Å²) in [6.45, 7) is 1.15. The Bertz CT molecular complexity index is 374. The third-order valence-electron chi connectivity index (χ3n) is 1.67. The normalized spacial score (nSPS) is 10.1. The maximum Gasteiger partial charge on any atom is 0.336 e. The summed E-state index contributed by atoms with van der Waals surface area (Å²) in [5.74, 6) is -5.10. The fraction of sp³-hybridized carbons (Fsp3) is 0.125. The Morgan fingerprint density at radius 1 is 1.46 bits per heavy atom. The first-order valence-corrected chi connectivity index (χ1v) is 3.36. The van der Waals surface area contributed by atoms with Crippen molar-refractivity contribution < 1.29 is 23.8 Å². The Balaban J connectivity index is 3.50. The number of rotatable bonds is 1. The third kappa shape index (κ3) is 1.44. The Morgan fingerprint density at radius 2 is 2.00 bits per heavy atom. The molecule has 0 atom stereocenters. The molecule has 0 unspecified atom stereocenters. The van der Waals surface area contributed by atoms with Gasteiger partial charge in [0.15, 0.2) is 17.4 Å². The van der Waals surface area contributed by atoms with Crippen molar-refractivity contribution in [1.29, 1.82) is 0 Å². The van der Waals surface area contributed by atoms with E-state index >= 15 is 0 Å². The molecule has 3 nitrogen and oxygen atoms in total. The summed E-state index contributed by atoms with van der Waals surface area (Å²) in [6, 6.07) is 0.579. The minimum Gasteiger partial charge on any atom is -0.503 e. The molecule has 0 aromatic heterocycles. The standard InChI is InChI=1S/C8H6F2O3/c1-3-4(8(12)13)2-5(9)7(11)6(3)10/h2,11H,1H3,(H,12,13). The summed E-state index contributed by atoms with van der Waals surface area (Å²) in [5.41, 5.74) is -0.779. The van der Waals surface area contributed by atoms with Gasteiger partial charge in [0.2, 0.25) is 0 Å². The molecule has 1 aromatic carbocycles. The van der Waals surface area contributed by atoms with Crippen LogP contribution in [0.4, 0.5) is 8.78 Å². The quantitative estimate of drug-likeness (QED) is 0.704. The van der Waals surface area contributed by atoms with E-state index in [2.05, 4.69) is 0 Å². The Labute approximate surface area is 72.2 Å². The van der Waals surface area contributed by atoms with Gasteiger partial charge in [-0.3, -0.25) is 0 Å². The van der Waals surface area contributed by atoms with Crippen LogP contribution < -0.4 is 0 Å². The molecule has 0 saturated heterocycles. The van der Waals surface area contributed by atoms with Gasteiger partial charge >= 0.3 is 5.97 Å². The van der Waals surface area contributed by atoms with E-state index in [4.69, 9.17) is 10.2 Å². The van der Waals surface area contributed by atoms with E-state index in [9.17, 15) is 13.6 Å². The number of carboxylic acid groups (broad SMARTS) is 1. The lowest BCUT2D eigenvalue weighted by Gasteiger charge is -2.04. The molecule has 0 aliphatic carbocycles. The molecule has 0 heterocycles. The lowest BCUT2D eigenvalue weighted by atomic mass is 10.1. The summed E-state index contributed by atoms with van der Waals surface area (Å²) >= 11 is 0. The zero-order chi connectivity index (χ0) is 10.2. The first kappa shape index (κ1) is 9.44. The van der Waals surface area contributed by atoms with Gasteiger partial charge in [-0.15, -0.1) is 0 Å². The minimum absolute atomic E-state index is 0.286. The summed E-state index contributed by atoms with van der Waals surface area (Å²) in [7, 11) is 0. The molecule has 2 N–H and O–H groups in total. The van der Waals surface area contributed by atoms with Crippen molar-refractivity contribution in [2.45, 2.75) is 6.92 Å². The van der Waals surface area contributed by atoms with Crippen molar-refractivity contribution >= 4 is 5.97 Å². The molecule has 1 aromatic rings. The van der Waals surface area contributed by atoms with E-state index in [0.29, 0.717) is 6.07 Å². The summed E-state index contributed by atoms with van der Waals surface area (Å²) in [4.78, 5) is 10.4. The first-order valence-electron chi connectivity index (χ1n) is 3.36. The second-order valence-electron chi connectivity index (χ2n) is 2.50. The Hall–Kier alpha value is -1.65. The van der Waals surface area contributed by atoms with Crippen LogP contribution in [0, 0.1) is 18.6 Å². The average molecular weight is 188 g/mol. The van der Waals surface area contributed by atoms with Crippen LogP contribution in [-0.4, -0.2) is 16.2 Å². The van der Waals surface area contributed by atoms with E-state index in [1.165, 1.54) is 0 Å². The molecule has 70 valence electrons. The zero-order valence-electron chi connectivity index (χ0n) is 6.64. The summed E-state index contributed by atoms with van der Waals surface area (Å²) in [6.07, 6.45) is 0. The zero-order valence-corrected chi connectivity index (χ0v) is 6.64. The second kappa shape index (κ2) is 3.01. The van der Waals surface area contributed by atoms with Gasteiger partial charge in [0, 0.05) is 5.56 Å². The number of carbonyl (C=O) groups is 1. The van der Waals surface area contributed by atoms with Crippen LogP contribution in [0.2, 0.25) is 0 Å². The van der Waals surface area contributed by atoms with Gasteiger partial charge in [-0.1, -0.05) is 0 Å². The van der Waals surface area contributed by atoms with Crippen LogP contribution >= 0.6 is 0 Å². The molecule has 0 spiro atoms. The lowest BCUT2D eigenvalue weighted by Crippen LogP contribution is -2.03. The number of carboxylic acids is 1. The van der Waals surface area contributed by atoms with E-state index < -0.39 is 28.9 Å². The molecular formula is C8H6F2O3. The molecule has 1 rings (SSSR count). The van der Waals surface area contributed by atoms with Gasteiger partial charge in [0.1, 0.15) is 0 Å². The highest BCUT2D eigenvalue weighted by atomic mass is 19.1. The van der Waals surface area contributed by atoms with E-state index in [-0.39, 0.29) is 5.56 Å². The van der Waals surface area contributed by atoms with E-state index in [1.807, 2.05) is 0 Å². The third-order valence-corrected chi connectivity index (χ3v) is 1.67. The summed E-state index contributed by atoms with van der Waals surface area (Å²) in [5, 5.41) is 17.2. The highest BCUT2D eigenvalue weighted by Gasteiger charge is 2.18. The number of hydrogen-bond donors (Lipinski definition) is 2. The monoisotopic (exact) mass is 188 g/mol. The first-order chi connectivity index (χ1) is 5.95. The Kier molecular flexibility index (Phi) is 2.18. The van der Waals surface area contributed by atoms with Crippen LogP contribution in [-0.2, 0) is 0 Å². The van der Waals surface area contributed by atoms with Gasteiger partial charge in [0.25, 0.3) is 0 Å². The van der Waals surface area contributed by atoms with Gasteiger partial charge in [-0.05, 0) is 13.0 Å². The van der Waals surface area contributed by atoms with Crippen LogP contribution in [0.25, 0.3) is 0 Å².